The van der Waals surface area contributed by atoms with Gasteiger partial charge in [-0.3, -0.25) is 0 Å². The van der Waals surface area contributed by atoms with Gasteiger partial charge in [0.2, 0.25) is 0 Å². The molecule has 2 nitrogen and oxygen atoms in total. The molecule has 0 aromatic rings. The van der Waals surface area contributed by atoms with Gasteiger partial charge in [-0.25, -0.2) is 0 Å². The highest BCUT2D eigenvalue weighted by Crippen LogP contribution is 2.34. The first-order chi connectivity index (χ1) is 4.68. The van der Waals surface area contributed by atoms with Gasteiger partial charge < -0.3 is 11.1 Å². The number of hydrogen-bond acceptors (Lipinski definition) is 1. The van der Waals surface area contributed by atoms with Gasteiger partial charge in [0.05, 0.1) is 0 Å². The standard InChI is InChI=1S/C7H14N2S/c1-2-7(4-3-5-7)9-6(8)10/h2-5H2,1H3,(H3,8,9,10). The molecule has 1 aliphatic rings. The molecule has 0 bridgehead atoms. The van der Waals surface area contributed by atoms with Crippen molar-refractivity contribution in [3.8, 4) is 0 Å². The molecule has 0 aromatic heterocycles. The van der Waals surface area contributed by atoms with Crippen LogP contribution in [0.25, 0.3) is 0 Å². The number of nitrogens with two attached hydrogens (primary N) is 1. The largest absolute Gasteiger partial charge is 0.376 e. The first-order valence-electron chi connectivity index (χ1n) is 3.76. The highest BCUT2D eigenvalue weighted by atomic mass is 32.1. The van der Waals surface area contributed by atoms with Crippen molar-refractivity contribution in [2.75, 3.05) is 0 Å². The molecule has 0 spiro atoms. The van der Waals surface area contributed by atoms with Gasteiger partial charge >= 0.3 is 0 Å². The van der Waals surface area contributed by atoms with Crippen LogP contribution in [0.4, 0.5) is 0 Å². The molecule has 1 aliphatic carbocycles. The van der Waals surface area contributed by atoms with E-state index in [9.17, 15) is 0 Å². The molecule has 0 radical (unpaired) electrons. The SMILES string of the molecule is CCC1(NC(N)=S)CCC1. The lowest BCUT2D eigenvalue weighted by Gasteiger charge is -2.42. The molecule has 0 saturated heterocycles. The topological polar surface area (TPSA) is 38.0 Å². The third-order valence-corrected chi connectivity index (χ3v) is 2.48. The third kappa shape index (κ3) is 1.40. The van der Waals surface area contributed by atoms with Crippen molar-refractivity contribution < 1.29 is 0 Å². The molecule has 0 heterocycles. The zero-order chi connectivity index (χ0) is 7.61. The highest BCUT2D eigenvalue weighted by molar-refractivity contribution is 7.80. The maximum Gasteiger partial charge on any atom is 0.164 e. The second kappa shape index (κ2) is 2.74. The molecule has 58 valence electrons. The number of thiocarbonyl (C=S) groups is 1. The summed E-state index contributed by atoms with van der Waals surface area (Å²) in [5.41, 5.74) is 5.65. The summed E-state index contributed by atoms with van der Waals surface area (Å²) in [7, 11) is 0. The minimum absolute atomic E-state index is 0.270. The van der Waals surface area contributed by atoms with E-state index >= 15 is 0 Å². The Morgan fingerprint density at radius 3 is 2.40 bits per heavy atom. The van der Waals surface area contributed by atoms with Gasteiger partial charge in [0.25, 0.3) is 0 Å². The van der Waals surface area contributed by atoms with Crippen LogP contribution in [0.1, 0.15) is 32.6 Å². The van der Waals surface area contributed by atoms with Crippen molar-refractivity contribution in [3.05, 3.63) is 0 Å². The van der Waals surface area contributed by atoms with Crippen molar-refractivity contribution in [2.45, 2.75) is 38.1 Å². The fourth-order valence-electron chi connectivity index (χ4n) is 1.43. The maximum absolute atomic E-state index is 5.38. The summed E-state index contributed by atoms with van der Waals surface area (Å²) in [6.45, 7) is 2.17. The van der Waals surface area contributed by atoms with E-state index < -0.39 is 0 Å². The van der Waals surface area contributed by atoms with Crippen LogP contribution in [-0.4, -0.2) is 10.7 Å². The summed E-state index contributed by atoms with van der Waals surface area (Å²) < 4.78 is 0. The summed E-state index contributed by atoms with van der Waals surface area (Å²) in [6.07, 6.45) is 4.88. The van der Waals surface area contributed by atoms with Crippen LogP contribution < -0.4 is 11.1 Å². The summed E-state index contributed by atoms with van der Waals surface area (Å²) in [4.78, 5) is 0. The van der Waals surface area contributed by atoms with Gasteiger partial charge in [-0.15, -0.1) is 0 Å². The molecular formula is C7H14N2S. The van der Waals surface area contributed by atoms with Crippen LogP contribution in [0.2, 0.25) is 0 Å². The fourth-order valence-corrected chi connectivity index (χ4v) is 1.65. The Hall–Kier alpha value is -0.310. The van der Waals surface area contributed by atoms with E-state index in [1.165, 1.54) is 19.3 Å². The van der Waals surface area contributed by atoms with Crippen molar-refractivity contribution in [2.24, 2.45) is 5.73 Å². The molecule has 3 heteroatoms. The summed E-state index contributed by atoms with van der Waals surface area (Å²) in [5.74, 6) is 0. The van der Waals surface area contributed by atoms with Gasteiger partial charge in [0.1, 0.15) is 0 Å². The Morgan fingerprint density at radius 2 is 2.30 bits per heavy atom. The lowest BCUT2D eigenvalue weighted by Crippen LogP contribution is -2.54. The Morgan fingerprint density at radius 1 is 1.70 bits per heavy atom. The molecular weight excluding hydrogens is 144 g/mol. The van der Waals surface area contributed by atoms with Crippen molar-refractivity contribution in [1.82, 2.24) is 5.32 Å². The lowest BCUT2D eigenvalue weighted by molar-refractivity contribution is 0.210. The normalized spacial score (nSPS) is 21.3. The van der Waals surface area contributed by atoms with Crippen LogP contribution in [-0.2, 0) is 0 Å². The van der Waals surface area contributed by atoms with Crippen LogP contribution in [0, 0.1) is 0 Å². The quantitative estimate of drug-likeness (QED) is 0.592. The second-order valence-corrected chi connectivity index (χ2v) is 3.42. The van der Waals surface area contributed by atoms with Gasteiger partial charge in [0, 0.05) is 5.54 Å². The Labute approximate surface area is 67.2 Å². The third-order valence-electron chi connectivity index (χ3n) is 2.38. The van der Waals surface area contributed by atoms with E-state index in [0.29, 0.717) is 5.11 Å². The molecule has 0 unspecified atom stereocenters. The number of rotatable bonds is 2. The summed E-state index contributed by atoms with van der Waals surface area (Å²) in [6, 6.07) is 0. The van der Waals surface area contributed by atoms with Crippen molar-refractivity contribution in [1.29, 1.82) is 0 Å². The summed E-state index contributed by atoms with van der Waals surface area (Å²) >= 11 is 4.78. The molecule has 3 N–H and O–H groups in total. The lowest BCUT2D eigenvalue weighted by atomic mass is 9.75. The van der Waals surface area contributed by atoms with E-state index in [1.807, 2.05) is 0 Å². The average molecular weight is 158 g/mol. The average Bonchev–Trinajstić information content (AvgIpc) is 1.78. The van der Waals surface area contributed by atoms with Crippen LogP contribution in [0.15, 0.2) is 0 Å². The fraction of sp³-hybridized carbons (Fsp3) is 0.857. The van der Waals surface area contributed by atoms with E-state index in [1.54, 1.807) is 0 Å². The van der Waals surface area contributed by atoms with Crippen LogP contribution in [0.3, 0.4) is 0 Å². The molecule has 1 rings (SSSR count). The van der Waals surface area contributed by atoms with Crippen LogP contribution in [0.5, 0.6) is 0 Å². The zero-order valence-corrected chi connectivity index (χ0v) is 7.13. The summed E-state index contributed by atoms with van der Waals surface area (Å²) in [5, 5.41) is 3.60. The molecule has 0 atom stereocenters. The van der Waals surface area contributed by atoms with Gasteiger partial charge in [-0.05, 0) is 37.9 Å². The second-order valence-electron chi connectivity index (χ2n) is 2.98. The van der Waals surface area contributed by atoms with Crippen LogP contribution >= 0.6 is 12.2 Å². The van der Waals surface area contributed by atoms with E-state index in [4.69, 9.17) is 18.0 Å². The molecule has 0 amide bonds. The predicted molar refractivity (Wildman–Crippen MR) is 46.8 cm³/mol. The monoisotopic (exact) mass is 158 g/mol. The first kappa shape index (κ1) is 7.79. The number of nitrogens with one attached hydrogen (secondary N) is 1. The Balaban J connectivity index is 2.40. The van der Waals surface area contributed by atoms with E-state index in [-0.39, 0.29) is 5.54 Å². The molecule has 0 aromatic carbocycles. The van der Waals surface area contributed by atoms with E-state index in [0.717, 1.165) is 6.42 Å². The zero-order valence-electron chi connectivity index (χ0n) is 6.31. The van der Waals surface area contributed by atoms with Crippen molar-refractivity contribution in [3.63, 3.8) is 0 Å². The molecule has 0 aliphatic heterocycles. The predicted octanol–water partition coefficient (Wildman–Crippen LogP) is 1.15. The smallest absolute Gasteiger partial charge is 0.164 e. The molecule has 10 heavy (non-hydrogen) atoms. The Bertz CT molecular complexity index is 135. The van der Waals surface area contributed by atoms with Gasteiger partial charge in [-0.1, -0.05) is 6.92 Å². The Kier molecular flexibility index (Phi) is 2.14. The maximum atomic E-state index is 5.38. The van der Waals surface area contributed by atoms with E-state index in [2.05, 4.69) is 12.2 Å². The molecule has 1 saturated carbocycles. The number of hydrogen-bond donors (Lipinski definition) is 2. The minimum atomic E-state index is 0.270. The van der Waals surface area contributed by atoms with Gasteiger partial charge in [-0.2, -0.15) is 0 Å². The van der Waals surface area contributed by atoms with Gasteiger partial charge in [0.15, 0.2) is 5.11 Å². The minimum Gasteiger partial charge on any atom is -0.376 e. The van der Waals surface area contributed by atoms with Crippen molar-refractivity contribution >= 4 is 17.3 Å². The molecule has 1 fully saturated rings. The highest BCUT2D eigenvalue weighted by Gasteiger charge is 2.34. The first-order valence-corrected chi connectivity index (χ1v) is 4.17.